The summed E-state index contributed by atoms with van der Waals surface area (Å²) in [6.07, 6.45) is 4.86. The Labute approximate surface area is 118 Å². The Morgan fingerprint density at radius 2 is 2.50 bits per heavy atom. The van der Waals surface area contributed by atoms with Crippen molar-refractivity contribution in [3.05, 3.63) is 39.7 Å². The van der Waals surface area contributed by atoms with Crippen molar-refractivity contribution < 1.29 is 9.53 Å². The largest absolute Gasteiger partial charge is 0.461 e. The molecule has 2 rings (SSSR count). The van der Waals surface area contributed by atoms with Crippen LogP contribution in [0.4, 0.5) is 0 Å². The lowest BCUT2D eigenvalue weighted by Gasteiger charge is -2.21. The Morgan fingerprint density at radius 1 is 1.72 bits per heavy atom. The fourth-order valence-electron chi connectivity index (χ4n) is 1.56. The number of carbonyl (C=O) groups is 1. The number of ether oxygens (including phenoxy) is 1. The third-order valence-electron chi connectivity index (χ3n) is 2.30. The van der Waals surface area contributed by atoms with E-state index < -0.39 is 12.1 Å². The highest BCUT2D eigenvalue weighted by molar-refractivity contribution is 9.10. The van der Waals surface area contributed by atoms with E-state index in [0.29, 0.717) is 21.9 Å². The summed E-state index contributed by atoms with van der Waals surface area (Å²) in [5.41, 5.74) is 0.336. The number of carbonyl (C=O) groups excluding carboxylic acids is 1. The molecule has 0 aliphatic carbocycles. The van der Waals surface area contributed by atoms with Crippen LogP contribution in [0.15, 0.2) is 34.1 Å². The molecule has 0 spiro atoms. The molecule has 0 radical (unpaired) electrons. The summed E-state index contributed by atoms with van der Waals surface area (Å²) < 4.78 is 7.02. The fourth-order valence-corrected chi connectivity index (χ4v) is 2.18. The van der Waals surface area contributed by atoms with Crippen LogP contribution in [0.1, 0.15) is 23.6 Å². The van der Waals surface area contributed by atoms with Crippen LogP contribution in [-0.4, -0.2) is 22.4 Å². The molecular formula is C11H11BrClN3O2. The van der Waals surface area contributed by atoms with Gasteiger partial charge in [0.15, 0.2) is 6.17 Å². The lowest BCUT2D eigenvalue weighted by Crippen LogP contribution is -2.28. The lowest BCUT2D eigenvalue weighted by atomic mass is 10.3. The van der Waals surface area contributed by atoms with Crippen LogP contribution in [0.25, 0.3) is 0 Å². The summed E-state index contributed by atoms with van der Waals surface area (Å²) >= 11 is 9.34. The summed E-state index contributed by atoms with van der Waals surface area (Å²) in [5.74, 6) is -0.434. The van der Waals surface area contributed by atoms with E-state index in [2.05, 4.69) is 26.3 Å². The minimum atomic E-state index is -0.434. The van der Waals surface area contributed by atoms with Crippen molar-refractivity contribution in [1.82, 2.24) is 15.1 Å². The van der Waals surface area contributed by atoms with E-state index in [1.165, 1.54) is 4.68 Å². The Morgan fingerprint density at radius 3 is 3.17 bits per heavy atom. The van der Waals surface area contributed by atoms with Crippen molar-refractivity contribution in [2.24, 2.45) is 0 Å². The molecule has 18 heavy (non-hydrogen) atoms. The van der Waals surface area contributed by atoms with Gasteiger partial charge in [0.1, 0.15) is 10.3 Å². The SMILES string of the molecule is CCOC(=O)c1cc(Br)nn1C1NC=CC=C1Cl. The zero-order valence-corrected chi connectivity index (χ0v) is 11.9. The Balaban J connectivity index is 2.36. The van der Waals surface area contributed by atoms with Gasteiger partial charge in [-0.05, 0) is 41.2 Å². The highest BCUT2D eigenvalue weighted by Crippen LogP contribution is 2.24. The maximum absolute atomic E-state index is 11.8. The Hall–Kier alpha value is -1.27. The van der Waals surface area contributed by atoms with E-state index in [0.717, 1.165) is 0 Å². The van der Waals surface area contributed by atoms with E-state index >= 15 is 0 Å². The smallest absolute Gasteiger partial charge is 0.356 e. The molecule has 1 atom stereocenters. The summed E-state index contributed by atoms with van der Waals surface area (Å²) in [6, 6.07) is 1.60. The molecule has 7 heteroatoms. The number of allylic oxidation sites excluding steroid dienone is 2. The highest BCUT2D eigenvalue weighted by atomic mass is 79.9. The predicted molar refractivity (Wildman–Crippen MR) is 71.1 cm³/mol. The molecule has 2 heterocycles. The lowest BCUT2D eigenvalue weighted by molar-refractivity contribution is 0.0509. The molecule has 0 saturated carbocycles. The van der Waals surface area contributed by atoms with Gasteiger partial charge in [0.2, 0.25) is 0 Å². The molecule has 5 nitrogen and oxygen atoms in total. The van der Waals surface area contributed by atoms with Gasteiger partial charge in [-0.25, -0.2) is 9.48 Å². The van der Waals surface area contributed by atoms with Crippen molar-refractivity contribution in [3.8, 4) is 0 Å². The number of rotatable bonds is 3. The van der Waals surface area contributed by atoms with Crippen molar-refractivity contribution in [1.29, 1.82) is 0 Å². The highest BCUT2D eigenvalue weighted by Gasteiger charge is 2.24. The number of dihydropyridines is 1. The maximum Gasteiger partial charge on any atom is 0.356 e. The fraction of sp³-hybridized carbons (Fsp3) is 0.273. The second-order valence-corrected chi connectivity index (χ2v) is 4.75. The zero-order chi connectivity index (χ0) is 13.1. The summed E-state index contributed by atoms with van der Waals surface area (Å²) in [7, 11) is 0. The zero-order valence-electron chi connectivity index (χ0n) is 9.56. The van der Waals surface area contributed by atoms with Crippen LogP contribution in [0.5, 0.6) is 0 Å². The van der Waals surface area contributed by atoms with Crippen LogP contribution in [-0.2, 0) is 4.74 Å². The first-order valence-corrected chi connectivity index (χ1v) is 6.51. The molecular weight excluding hydrogens is 321 g/mol. The number of halogens is 2. The van der Waals surface area contributed by atoms with Gasteiger partial charge in [-0.3, -0.25) is 0 Å². The minimum Gasteiger partial charge on any atom is -0.461 e. The third kappa shape index (κ3) is 2.59. The molecule has 0 saturated heterocycles. The second-order valence-electron chi connectivity index (χ2n) is 3.50. The second kappa shape index (κ2) is 5.58. The number of hydrogen-bond acceptors (Lipinski definition) is 4. The van der Waals surface area contributed by atoms with Gasteiger partial charge in [0.05, 0.1) is 11.6 Å². The number of esters is 1. The van der Waals surface area contributed by atoms with Crippen LogP contribution in [0, 0.1) is 0 Å². The molecule has 0 bridgehead atoms. The molecule has 0 amide bonds. The van der Waals surface area contributed by atoms with Gasteiger partial charge in [0.25, 0.3) is 0 Å². The first-order chi connectivity index (χ1) is 8.63. The first kappa shape index (κ1) is 13.2. The van der Waals surface area contributed by atoms with Gasteiger partial charge >= 0.3 is 5.97 Å². The van der Waals surface area contributed by atoms with Gasteiger partial charge in [-0.15, -0.1) is 0 Å². The molecule has 1 aliphatic heterocycles. The van der Waals surface area contributed by atoms with E-state index in [1.54, 1.807) is 31.3 Å². The van der Waals surface area contributed by atoms with E-state index in [4.69, 9.17) is 16.3 Å². The third-order valence-corrected chi connectivity index (χ3v) is 3.02. The van der Waals surface area contributed by atoms with Gasteiger partial charge in [0, 0.05) is 6.07 Å². The van der Waals surface area contributed by atoms with Crippen LogP contribution in [0.2, 0.25) is 0 Å². The van der Waals surface area contributed by atoms with E-state index in [-0.39, 0.29) is 0 Å². The molecule has 0 aromatic carbocycles. The summed E-state index contributed by atoms with van der Waals surface area (Å²) in [6.45, 7) is 2.06. The van der Waals surface area contributed by atoms with Crippen molar-refractivity contribution in [2.75, 3.05) is 6.61 Å². The average Bonchev–Trinajstić information content (AvgIpc) is 2.72. The molecule has 1 aliphatic rings. The van der Waals surface area contributed by atoms with Crippen molar-refractivity contribution >= 4 is 33.5 Å². The summed E-state index contributed by atoms with van der Waals surface area (Å²) in [5, 5.41) is 7.77. The minimum absolute atomic E-state index is 0.309. The maximum atomic E-state index is 11.8. The van der Waals surface area contributed by atoms with Gasteiger partial charge < -0.3 is 10.1 Å². The monoisotopic (exact) mass is 331 g/mol. The van der Waals surface area contributed by atoms with Gasteiger partial charge in [-0.1, -0.05) is 11.6 Å². The number of aromatic nitrogens is 2. The standard InChI is InChI=1S/C11H11BrClN3O2/c1-2-18-11(17)8-6-9(12)15-16(8)10-7(13)4-3-5-14-10/h3-6,10,14H,2H2,1H3. The number of nitrogens with one attached hydrogen (secondary N) is 1. The quantitative estimate of drug-likeness (QED) is 0.864. The average molecular weight is 333 g/mol. The Bertz CT molecular complexity index is 524. The van der Waals surface area contributed by atoms with Crippen LogP contribution >= 0.6 is 27.5 Å². The number of hydrogen-bond donors (Lipinski definition) is 1. The van der Waals surface area contributed by atoms with Crippen LogP contribution < -0.4 is 5.32 Å². The topological polar surface area (TPSA) is 56.1 Å². The first-order valence-electron chi connectivity index (χ1n) is 5.34. The molecule has 1 unspecified atom stereocenters. The molecule has 1 N–H and O–H groups in total. The predicted octanol–water partition coefficient (Wildman–Crippen LogP) is 2.56. The molecule has 1 aromatic heterocycles. The van der Waals surface area contributed by atoms with Crippen LogP contribution in [0.3, 0.4) is 0 Å². The van der Waals surface area contributed by atoms with Crippen molar-refractivity contribution in [3.63, 3.8) is 0 Å². The number of nitrogens with zero attached hydrogens (tertiary/aromatic N) is 2. The normalized spacial score (nSPS) is 18.2. The Kier molecular flexibility index (Phi) is 4.08. The van der Waals surface area contributed by atoms with Crippen molar-refractivity contribution in [2.45, 2.75) is 13.1 Å². The van der Waals surface area contributed by atoms with E-state index in [9.17, 15) is 4.79 Å². The summed E-state index contributed by atoms with van der Waals surface area (Å²) in [4.78, 5) is 11.8. The van der Waals surface area contributed by atoms with E-state index in [1.807, 2.05) is 0 Å². The molecule has 1 aromatic rings. The molecule has 96 valence electrons. The molecule has 0 fully saturated rings. The van der Waals surface area contributed by atoms with Gasteiger partial charge in [-0.2, -0.15) is 5.10 Å².